The molecule has 3 N–H and O–H groups in total. The fourth-order valence-electron chi connectivity index (χ4n) is 1.57. The van der Waals surface area contributed by atoms with E-state index in [1.807, 2.05) is 6.92 Å². The molecule has 3 heteroatoms. The zero-order valence-corrected chi connectivity index (χ0v) is 10.3. The van der Waals surface area contributed by atoms with Crippen LogP contribution >= 0.6 is 0 Å². The Morgan fingerprint density at radius 2 is 1.20 bits per heavy atom. The van der Waals surface area contributed by atoms with Crippen molar-refractivity contribution in [3.05, 3.63) is 0 Å². The quantitative estimate of drug-likeness (QED) is 0.313. The molecule has 1 atom stereocenters. The summed E-state index contributed by atoms with van der Waals surface area (Å²) in [4.78, 5) is 0. The van der Waals surface area contributed by atoms with Gasteiger partial charge in [0.25, 0.3) is 0 Å². The standard InChI is InChI=1S/C12H26O.H2O2/c1-3-4-5-6-7-8-9-10-11-12(2)13;1-2/h12-13H,3-11H2,1-2H3;1-2H. The van der Waals surface area contributed by atoms with Crippen molar-refractivity contribution in [2.45, 2.75) is 77.7 Å². The summed E-state index contributed by atoms with van der Waals surface area (Å²) in [5.74, 6) is 0. The van der Waals surface area contributed by atoms with Gasteiger partial charge in [-0.15, -0.1) is 0 Å². The summed E-state index contributed by atoms with van der Waals surface area (Å²) in [5, 5.41) is 21.0. The van der Waals surface area contributed by atoms with Gasteiger partial charge in [0, 0.05) is 0 Å². The summed E-state index contributed by atoms with van der Waals surface area (Å²) in [7, 11) is 0. The Hall–Kier alpha value is -0.120. The highest BCUT2D eigenvalue weighted by Gasteiger charge is 1.95. The summed E-state index contributed by atoms with van der Waals surface area (Å²) >= 11 is 0. The minimum Gasteiger partial charge on any atom is -0.393 e. The SMILES string of the molecule is CCCCCCCCCCC(C)O.OO. The third-order valence-corrected chi connectivity index (χ3v) is 2.48. The monoisotopic (exact) mass is 220 g/mol. The van der Waals surface area contributed by atoms with Gasteiger partial charge in [0.05, 0.1) is 6.10 Å². The van der Waals surface area contributed by atoms with Gasteiger partial charge in [0.1, 0.15) is 0 Å². The second-order valence-corrected chi connectivity index (χ2v) is 4.11. The van der Waals surface area contributed by atoms with Crippen LogP contribution in [0.2, 0.25) is 0 Å². The van der Waals surface area contributed by atoms with E-state index in [0.717, 1.165) is 6.42 Å². The van der Waals surface area contributed by atoms with Crippen molar-refractivity contribution in [1.29, 1.82) is 0 Å². The van der Waals surface area contributed by atoms with Crippen LogP contribution in [0.1, 0.15) is 71.6 Å². The molecule has 0 aromatic rings. The first-order valence-corrected chi connectivity index (χ1v) is 6.15. The van der Waals surface area contributed by atoms with Gasteiger partial charge < -0.3 is 5.11 Å². The molecule has 0 heterocycles. The van der Waals surface area contributed by atoms with E-state index in [9.17, 15) is 0 Å². The van der Waals surface area contributed by atoms with Crippen LogP contribution in [0.15, 0.2) is 0 Å². The fraction of sp³-hybridized carbons (Fsp3) is 1.00. The Morgan fingerprint density at radius 3 is 1.60 bits per heavy atom. The third-order valence-electron chi connectivity index (χ3n) is 2.48. The van der Waals surface area contributed by atoms with E-state index < -0.39 is 0 Å². The Bertz CT molecular complexity index is 94.9. The maximum Gasteiger partial charge on any atom is 0.0512 e. The molecule has 0 amide bonds. The maximum atomic E-state index is 9.03. The Labute approximate surface area is 94.1 Å². The highest BCUT2D eigenvalue weighted by Crippen LogP contribution is 2.10. The number of unbranched alkanes of at least 4 members (excludes halogenated alkanes) is 7. The van der Waals surface area contributed by atoms with E-state index in [1.165, 1.54) is 51.4 Å². The van der Waals surface area contributed by atoms with Gasteiger partial charge in [-0.1, -0.05) is 58.3 Å². The number of hydrogen-bond donors (Lipinski definition) is 3. The van der Waals surface area contributed by atoms with Crippen LogP contribution in [0.3, 0.4) is 0 Å². The van der Waals surface area contributed by atoms with Crippen molar-refractivity contribution in [3.8, 4) is 0 Å². The van der Waals surface area contributed by atoms with Crippen LogP contribution in [-0.2, 0) is 0 Å². The van der Waals surface area contributed by atoms with Gasteiger partial charge in [-0.05, 0) is 13.3 Å². The fourth-order valence-corrected chi connectivity index (χ4v) is 1.57. The molecule has 0 spiro atoms. The lowest BCUT2D eigenvalue weighted by Gasteiger charge is -2.03. The van der Waals surface area contributed by atoms with Crippen LogP contribution in [0, 0.1) is 0 Å². The van der Waals surface area contributed by atoms with E-state index in [0.29, 0.717) is 0 Å². The molecule has 94 valence electrons. The summed E-state index contributed by atoms with van der Waals surface area (Å²) in [6.07, 6.45) is 11.7. The molecule has 0 bridgehead atoms. The van der Waals surface area contributed by atoms with Crippen molar-refractivity contribution in [2.24, 2.45) is 0 Å². The van der Waals surface area contributed by atoms with Crippen LogP contribution in [0.25, 0.3) is 0 Å². The minimum absolute atomic E-state index is 0.0971. The molecule has 0 aromatic carbocycles. The summed E-state index contributed by atoms with van der Waals surface area (Å²) < 4.78 is 0. The molecule has 0 aliphatic rings. The highest BCUT2D eigenvalue weighted by molar-refractivity contribution is 4.49. The molecule has 0 aromatic heterocycles. The lowest BCUT2D eigenvalue weighted by molar-refractivity contribution is -0.176. The van der Waals surface area contributed by atoms with E-state index >= 15 is 0 Å². The zero-order valence-electron chi connectivity index (χ0n) is 10.3. The topological polar surface area (TPSA) is 60.7 Å². The van der Waals surface area contributed by atoms with Crippen molar-refractivity contribution < 1.29 is 15.6 Å². The Balaban J connectivity index is 0. The van der Waals surface area contributed by atoms with Crippen molar-refractivity contribution >= 4 is 0 Å². The van der Waals surface area contributed by atoms with Crippen molar-refractivity contribution in [2.75, 3.05) is 0 Å². The third kappa shape index (κ3) is 20.1. The van der Waals surface area contributed by atoms with E-state index in [4.69, 9.17) is 15.6 Å². The Morgan fingerprint density at radius 1 is 0.800 bits per heavy atom. The first kappa shape index (κ1) is 17.3. The molecule has 0 aliphatic heterocycles. The molecule has 3 nitrogen and oxygen atoms in total. The normalized spacial score (nSPS) is 11.8. The second kappa shape index (κ2) is 16.3. The maximum absolute atomic E-state index is 9.03. The molecule has 15 heavy (non-hydrogen) atoms. The number of rotatable bonds is 9. The molecule has 0 saturated heterocycles. The Kier molecular flexibility index (Phi) is 18.8. The van der Waals surface area contributed by atoms with Gasteiger partial charge in [0.15, 0.2) is 0 Å². The molecule has 0 radical (unpaired) electrons. The number of aliphatic hydroxyl groups excluding tert-OH is 1. The van der Waals surface area contributed by atoms with Crippen molar-refractivity contribution in [1.82, 2.24) is 0 Å². The van der Waals surface area contributed by atoms with Gasteiger partial charge in [-0.2, -0.15) is 0 Å². The summed E-state index contributed by atoms with van der Waals surface area (Å²) in [5.41, 5.74) is 0. The molecule has 0 rings (SSSR count). The highest BCUT2D eigenvalue weighted by atomic mass is 17.0. The molecule has 0 aliphatic carbocycles. The summed E-state index contributed by atoms with van der Waals surface area (Å²) in [6.45, 7) is 4.13. The molecule has 1 unspecified atom stereocenters. The average Bonchev–Trinajstić information content (AvgIpc) is 2.24. The molecule has 0 fully saturated rings. The number of hydrogen-bond acceptors (Lipinski definition) is 3. The van der Waals surface area contributed by atoms with E-state index in [2.05, 4.69) is 6.92 Å². The van der Waals surface area contributed by atoms with Gasteiger partial charge >= 0.3 is 0 Å². The van der Waals surface area contributed by atoms with Crippen LogP contribution in [0.5, 0.6) is 0 Å². The van der Waals surface area contributed by atoms with E-state index in [-0.39, 0.29) is 6.10 Å². The molecular formula is C12H28O3. The van der Waals surface area contributed by atoms with Crippen LogP contribution in [-0.4, -0.2) is 21.7 Å². The van der Waals surface area contributed by atoms with Crippen LogP contribution in [0.4, 0.5) is 0 Å². The first-order chi connectivity index (χ1) is 7.27. The van der Waals surface area contributed by atoms with E-state index in [1.54, 1.807) is 0 Å². The lowest BCUT2D eigenvalue weighted by Crippen LogP contribution is -1.98. The van der Waals surface area contributed by atoms with Gasteiger partial charge in [0.2, 0.25) is 0 Å². The van der Waals surface area contributed by atoms with Crippen molar-refractivity contribution in [3.63, 3.8) is 0 Å². The lowest BCUT2D eigenvalue weighted by atomic mass is 10.1. The number of aliphatic hydroxyl groups is 1. The zero-order chi connectivity index (χ0) is 11.9. The minimum atomic E-state index is -0.0971. The predicted molar refractivity (Wildman–Crippen MR) is 64.2 cm³/mol. The van der Waals surface area contributed by atoms with Gasteiger partial charge in [-0.25, -0.2) is 0 Å². The average molecular weight is 220 g/mol. The first-order valence-electron chi connectivity index (χ1n) is 6.15. The van der Waals surface area contributed by atoms with Crippen LogP contribution < -0.4 is 0 Å². The predicted octanol–water partition coefficient (Wildman–Crippen LogP) is 3.92. The largest absolute Gasteiger partial charge is 0.393 e. The second-order valence-electron chi connectivity index (χ2n) is 4.11. The smallest absolute Gasteiger partial charge is 0.0512 e. The molecule has 0 saturated carbocycles. The molecular weight excluding hydrogens is 192 g/mol. The van der Waals surface area contributed by atoms with Gasteiger partial charge in [-0.3, -0.25) is 10.5 Å². The summed E-state index contributed by atoms with van der Waals surface area (Å²) in [6, 6.07) is 0.